The molecule has 4 rings (SSSR count). The first-order chi connectivity index (χ1) is 12.3. The van der Waals surface area contributed by atoms with Crippen LogP contribution in [-0.2, 0) is 4.74 Å². The normalized spacial score (nSPS) is 20.4. The molecule has 2 aromatic heterocycles. The maximum Gasteiger partial charge on any atom is 0.218 e. The number of methoxy groups -OCH3 is 1. The molecular weight excluding hydrogens is 320 g/mol. The summed E-state index contributed by atoms with van der Waals surface area (Å²) in [6.07, 6.45) is 5.93. The summed E-state index contributed by atoms with van der Waals surface area (Å²) in [4.78, 5) is 19.8. The molecule has 8 heteroatoms. The van der Waals surface area contributed by atoms with Crippen LogP contribution in [0.25, 0.3) is 0 Å². The Morgan fingerprint density at radius 1 is 1.32 bits per heavy atom. The van der Waals surface area contributed by atoms with Crippen LogP contribution in [0.5, 0.6) is 5.88 Å². The second-order valence-corrected chi connectivity index (χ2v) is 6.33. The minimum atomic E-state index is -0.0870. The van der Waals surface area contributed by atoms with Gasteiger partial charge in [0.1, 0.15) is 24.0 Å². The number of morpholine rings is 1. The second kappa shape index (κ2) is 7.18. The molecule has 1 aliphatic heterocycles. The minimum Gasteiger partial charge on any atom is -0.481 e. The molecule has 0 amide bonds. The average molecular weight is 342 g/mol. The van der Waals surface area contributed by atoms with Crippen molar-refractivity contribution in [2.75, 3.05) is 43.6 Å². The number of ether oxygens (including phenoxy) is 2. The van der Waals surface area contributed by atoms with E-state index in [4.69, 9.17) is 14.5 Å². The number of hydrogen-bond acceptors (Lipinski definition) is 8. The second-order valence-electron chi connectivity index (χ2n) is 6.33. The number of hydrogen-bond donors (Lipinski definition) is 1. The van der Waals surface area contributed by atoms with Gasteiger partial charge in [0.15, 0.2) is 5.82 Å². The zero-order chi connectivity index (χ0) is 17.1. The molecule has 2 aliphatic rings. The van der Waals surface area contributed by atoms with Gasteiger partial charge in [0.05, 0.1) is 20.3 Å². The first-order valence-electron chi connectivity index (χ1n) is 8.60. The monoisotopic (exact) mass is 342 g/mol. The molecule has 0 bridgehead atoms. The summed E-state index contributed by atoms with van der Waals surface area (Å²) in [5, 5.41) is 3.40. The average Bonchev–Trinajstić information content (AvgIpc) is 3.51. The van der Waals surface area contributed by atoms with Crippen LogP contribution in [0.2, 0.25) is 0 Å². The molecule has 8 nitrogen and oxygen atoms in total. The Morgan fingerprint density at radius 2 is 2.24 bits per heavy atom. The maximum atomic E-state index is 5.68. The highest BCUT2D eigenvalue weighted by Gasteiger charge is 2.29. The maximum absolute atomic E-state index is 5.68. The van der Waals surface area contributed by atoms with Crippen molar-refractivity contribution in [3.8, 4) is 5.88 Å². The van der Waals surface area contributed by atoms with E-state index in [1.165, 1.54) is 19.2 Å². The predicted molar refractivity (Wildman–Crippen MR) is 92.7 cm³/mol. The first kappa shape index (κ1) is 16.0. The zero-order valence-electron chi connectivity index (χ0n) is 14.3. The SMILES string of the molecule is COc1cc(N2CCOCC2c2nccc(NCC3CC3)n2)ncn1. The van der Waals surface area contributed by atoms with Crippen molar-refractivity contribution in [2.45, 2.75) is 18.9 Å². The Hall–Kier alpha value is -2.48. The van der Waals surface area contributed by atoms with Crippen molar-refractivity contribution in [2.24, 2.45) is 5.92 Å². The van der Waals surface area contributed by atoms with Crippen molar-refractivity contribution < 1.29 is 9.47 Å². The van der Waals surface area contributed by atoms with E-state index in [-0.39, 0.29) is 6.04 Å². The van der Waals surface area contributed by atoms with Gasteiger partial charge in [-0.25, -0.2) is 19.9 Å². The lowest BCUT2D eigenvalue weighted by atomic mass is 10.2. The predicted octanol–water partition coefficient (Wildman–Crippen LogP) is 1.67. The Kier molecular flexibility index (Phi) is 4.60. The number of nitrogens with zero attached hydrogens (tertiary/aromatic N) is 5. The van der Waals surface area contributed by atoms with Crippen molar-refractivity contribution in [1.82, 2.24) is 19.9 Å². The molecular formula is C17H22N6O2. The highest BCUT2D eigenvalue weighted by molar-refractivity contribution is 5.44. The largest absolute Gasteiger partial charge is 0.481 e. The Labute approximate surface area is 146 Å². The molecule has 1 N–H and O–H groups in total. The van der Waals surface area contributed by atoms with Gasteiger partial charge < -0.3 is 19.7 Å². The highest BCUT2D eigenvalue weighted by atomic mass is 16.5. The standard InChI is InChI=1S/C17H22N6O2/c1-24-16-8-15(20-11-21-16)23-6-7-25-10-13(23)17-18-5-4-14(22-17)19-9-12-2-3-12/h4-5,8,11-13H,2-3,6-7,9-10H2,1H3,(H,18,19,22). The van der Waals surface area contributed by atoms with E-state index < -0.39 is 0 Å². The summed E-state index contributed by atoms with van der Waals surface area (Å²) in [7, 11) is 1.60. The minimum absolute atomic E-state index is 0.0870. The van der Waals surface area contributed by atoms with Crippen molar-refractivity contribution >= 4 is 11.6 Å². The fraction of sp³-hybridized carbons (Fsp3) is 0.529. The van der Waals surface area contributed by atoms with Crippen LogP contribution in [-0.4, -0.2) is 53.3 Å². The molecule has 0 spiro atoms. The number of anilines is 2. The molecule has 2 fully saturated rings. The van der Waals surface area contributed by atoms with Crippen molar-refractivity contribution in [1.29, 1.82) is 0 Å². The molecule has 0 aromatic carbocycles. The van der Waals surface area contributed by atoms with E-state index >= 15 is 0 Å². The third-order valence-corrected chi connectivity index (χ3v) is 4.50. The summed E-state index contributed by atoms with van der Waals surface area (Å²) in [5.74, 6) is 3.72. The van der Waals surface area contributed by atoms with E-state index in [1.807, 2.05) is 12.1 Å². The molecule has 132 valence electrons. The van der Waals surface area contributed by atoms with E-state index in [9.17, 15) is 0 Å². The Morgan fingerprint density at radius 3 is 3.08 bits per heavy atom. The summed E-state index contributed by atoms with van der Waals surface area (Å²) in [6, 6.07) is 3.65. The number of aromatic nitrogens is 4. The summed E-state index contributed by atoms with van der Waals surface area (Å²) in [6.45, 7) is 2.86. The van der Waals surface area contributed by atoms with Crippen molar-refractivity contribution in [3.63, 3.8) is 0 Å². The molecule has 25 heavy (non-hydrogen) atoms. The van der Waals surface area contributed by atoms with Gasteiger partial charge in [0.2, 0.25) is 5.88 Å². The number of rotatable bonds is 6. The quantitative estimate of drug-likeness (QED) is 0.849. The lowest BCUT2D eigenvalue weighted by Crippen LogP contribution is -2.41. The van der Waals surface area contributed by atoms with Crippen molar-refractivity contribution in [3.05, 3.63) is 30.5 Å². The van der Waals surface area contributed by atoms with Crippen LogP contribution in [0.1, 0.15) is 24.7 Å². The lowest BCUT2D eigenvalue weighted by Gasteiger charge is -2.35. The Bertz CT molecular complexity index is 724. The molecule has 1 saturated heterocycles. The summed E-state index contributed by atoms with van der Waals surface area (Å²) >= 11 is 0. The van der Waals surface area contributed by atoms with Crippen LogP contribution < -0.4 is 15.0 Å². The van der Waals surface area contributed by atoms with Crippen LogP contribution >= 0.6 is 0 Å². The third kappa shape index (κ3) is 3.79. The topological polar surface area (TPSA) is 85.3 Å². The molecule has 3 heterocycles. The van der Waals surface area contributed by atoms with E-state index in [1.54, 1.807) is 13.3 Å². The molecule has 2 aromatic rings. The third-order valence-electron chi connectivity index (χ3n) is 4.50. The molecule has 1 atom stereocenters. The van der Waals surface area contributed by atoms with Gasteiger partial charge in [0, 0.05) is 25.4 Å². The van der Waals surface area contributed by atoms with Crippen LogP contribution in [0.15, 0.2) is 24.7 Å². The zero-order valence-corrected chi connectivity index (χ0v) is 14.3. The Balaban J connectivity index is 1.56. The van der Waals surface area contributed by atoms with Gasteiger partial charge in [-0.15, -0.1) is 0 Å². The van der Waals surface area contributed by atoms with Gasteiger partial charge in [-0.3, -0.25) is 0 Å². The van der Waals surface area contributed by atoms with Crippen LogP contribution in [0.3, 0.4) is 0 Å². The van der Waals surface area contributed by atoms with Crippen LogP contribution in [0, 0.1) is 5.92 Å². The summed E-state index contributed by atoms with van der Waals surface area (Å²) < 4.78 is 10.9. The van der Waals surface area contributed by atoms with Gasteiger partial charge >= 0.3 is 0 Å². The van der Waals surface area contributed by atoms with Gasteiger partial charge in [-0.2, -0.15) is 0 Å². The number of nitrogens with one attached hydrogen (secondary N) is 1. The van der Waals surface area contributed by atoms with E-state index in [0.717, 1.165) is 29.9 Å². The molecule has 1 saturated carbocycles. The molecule has 1 aliphatic carbocycles. The van der Waals surface area contributed by atoms with Gasteiger partial charge in [-0.1, -0.05) is 0 Å². The fourth-order valence-corrected chi connectivity index (χ4v) is 2.89. The van der Waals surface area contributed by atoms with E-state index in [2.05, 4.69) is 25.2 Å². The first-order valence-corrected chi connectivity index (χ1v) is 8.60. The molecule has 0 radical (unpaired) electrons. The lowest BCUT2D eigenvalue weighted by molar-refractivity contribution is 0.0913. The van der Waals surface area contributed by atoms with E-state index in [0.29, 0.717) is 25.6 Å². The fourth-order valence-electron chi connectivity index (χ4n) is 2.89. The smallest absolute Gasteiger partial charge is 0.218 e. The van der Waals surface area contributed by atoms with Gasteiger partial charge in [0.25, 0.3) is 0 Å². The summed E-state index contributed by atoms with van der Waals surface area (Å²) in [5.41, 5.74) is 0. The molecule has 1 unspecified atom stereocenters. The van der Waals surface area contributed by atoms with Gasteiger partial charge in [-0.05, 0) is 24.8 Å². The van der Waals surface area contributed by atoms with Crippen LogP contribution in [0.4, 0.5) is 11.6 Å². The highest BCUT2D eigenvalue weighted by Crippen LogP contribution is 2.30.